The van der Waals surface area contributed by atoms with Gasteiger partial charge in [0.05, 0.1) is 30.2 Å². The Bertz CT molecular complexity index is 522. The molecule has 0 aliphatic carbocycles. The maximum absolute atomic E-state index is 5.96. The van der Waals surface area contributed by atoms with E-state index in [1.165, 1.54) is 0 Å². The zero-order chi connectivity index (χ0) is 10.5. The fourth-order valence-electron chi connectivity index (χ4n) is 1.07. The normalized spacial score (nSPS) is 11.1. The second kappa shape index (κ2) is 3.58. The Labute approximate surface area is 104 Å². The summed E-state index contributed by atoms with van der Waals surface area (Å²) in [5.41, 5.74) is 5.62. The van der Waals surface area contributed by atoms with Crippen LogP contribution in [-0.2, 0) is 0 Å². The molecule has 14 heavy (non-hydrogen) atoms. The lowest BCUT2D eigenvalue weighted by atomic mass is 10.2. The van der Waals surface area contributed by atoms with Gasteiger partial charge in [-0.3, -0.25) is 0 Å². The minimum atomic E-state index is 0.206. The van der Waals surface area contributed by atoms with E-state index in [0.717, 1.165) is 11.5 Å². The quantitative estimate of drug-likeness (QED) is 0.573. The minimum absolute atomic E-state index is 0.206. The first-order chi connectivity index (χ1) is 6.54. The Morgan fingerprint density at radius 3 is 2.14 bits per heavy atom. The molecule has 2 aromatic rings. The van der Waals surface area contributed by atoms with Crippen molar-refractivity contribution in [3.05, 3.63) is 20.1 Å². The van der Waals surface area contributed by atoms with Crippen molar-refractivity contribution in [2.24, 2.45) is 0 Å². The van der Waals surface area contributed by atoms with Gasteiger partial charge in [0.1, 0.15) is 5.82 Å². The van der Waals surface area contributed by atoms with Crippen molar-refractivity contribution in [3.63, 3.8) is 0 Å². The molecule has 2 N–H and O–H groups in total. The first kappa shape index (κ1) is 10.6. The molecule has 0 fully saturated rings. The van der Waals surface area contributed by atoms with Gasteiger partial charge in [0.15, 0.2) is 0 Å². The molecular weight excluding hydrogens is 286 g/mol. The monoisotopic (exact) mass is 286 g/mol. The highest BCUT2D eigenvalue weighted by Gasteiger charge is 2.18. The fraction of sp³-hybridized carbons (Fsp3) is 0. The van der Waals surface area contributed by atoms with Gasteiger partial charge in [-0.15, -0.1) is 0 Å². The van der Waals surface area contributed by atoms with Gasteiger partial charge in [-0.05, 0) is 11.5 Å². The highest BCUT2D eigenvalue weighted by atomic mass is 35.5. The summed E-state index contributed by atoms with van der Waals surface area (Å²) in [6.45, 7) is 0. The van der Waals surface area contributed by atoms with Crippen LogP contribution in [0.15, 0.2) is 0 Å². The number of fused-ring (bicyclic) bond motifs is 1. The highest BCUT2D eigenvalue weighted by molar-refractivity contribution is 7.14. The number of nitrogen functional groups attached to an aromatic ring is 1. The molecule has 0 aliphatic heterocycles. The second-order valence-electron chi connectivity index (χ2n) is 2.53. The Hall–Kier alpha value is 0.0700. The Morgan fingerprint density at radius 2 is 1.50 bits per heavy atom. The lowest BCUT2D eigenvalue weighted by molar-refractivity contribution is 1.59. The molecule has 0 atom stereocenters. The Kier molecular flexibility index (Phi) is 2.70. The van der Waals surface area contributed by atoms with Crippen LogP contribution in [0.25, 0.3) is 10.1 Å². The van der Waals surface area contributed by atoms with Crippen LogP contribution in [0.2, 0.25) is 20.1 Å². The third-order valence-electron chi connectivity index (χ3n) is 1.72. The second-order valence-corrected chi connectivity index (χ2v) is 4.81. The van der Waals surface area contributed by atoms with Crippen molar-refractivity contribution in [1.82, 2.24) is 4.37 Å². The molecule has 7 heteroatoms. The number of hydrogen-bond acceptors (Lipinski definition) is 3. The van der Waals surface area contributed by atoms with Gasteiger partial charge in [-0.1, -0.05) is 46.4 Å². The van der Waals surface area contributed by atoms with Crippen LogP contribution in [0.4, 0.5) is 5.82 Å². The third kappa shape index (κ3) is 1.35. The first-order valence-electron chi connectivity index (χ1n) is 3.40. The van der Waals surface area contributed by atoms with Gasteiger partial charge in [-0.2, -0.15) is 4.37 Å². The molecule has 1 heterocycles. The van der Waals surface area contributed by atoms with Gasteiger partial charge >= 0.3 is 0 Å². The maximum atomic E-state index is 5.96. The van der Waals surface area contributed by atoms with E-state index >= 15 is 0 Å². The van der Waals surface area contributed by atoms with Gasteiger partial charge < -0.3 is 5.73 Å². The molecule has 0 saturated heterocycles. The molecule has 2 rings (SSSR count). The van der Waals surface area contributed by atoms with E-state index < -0.39 is 0 Å². The number of rotatable bonds is 0. The molecule has 0 saturated carbocycles. The van der Waals surface area contributed by atoms with Crippen LogP contribution < -0.4 is 5.73 Å². The maximum Gasteiger partial charge on any atom is 0.146 e. The van der Waals surface area contributed by atoms with Crippen molar-refractivity contribution >= 4 is 73.8 Å². The van der Waals surface area contributed by atoms with Crippen molar-refractivity contribution < 1.29 is 0 Å². The number of anilines is 1. The molecule has 2 nitrogen and oxygen atoms in total. The average Bonchev–Trinajstić information content (AvgIpc) is 2.54. The number of nitrogens with zero attached hydrogens (tertiary/aromatic N) is 1. The van der Waals surface area contributed by atoms with Crippen molar-refractivity contribution in [2.45, 2.75) is 0 Å². The van der Waals surface area contributed by atoms with Crippen LogP contribution in [0, 0.1) is 0 Å². The van der Waals surface area contributed by atoms with E-state index in [4.69, 9.17) is 52.1 Å². The molecule has 0 unspecified atom stereocenters. The SMILES string of the molecule is Nc1nsc2c(Cl)c(Cl)c(Cl)c(Cl)c12. The van der Waals surface area contributed by atoms with Gasteiger partial charge in [0.2, 0.25) is 0 Å². The summed E-state index contributed by atoms with van der Waals surface area (Å²) in [7, 11) is 0. The Morgan fingerprint density at radius 1 is 0.929 bits per heavy atom. The smallest absolute Gasteiger partial charge is 0.146 e. The van der Waals surface area contributed by atoms with Crippen LogP contribution in [0.5, 0.6) is 0 Å². The van der Waals surface area contributed by atoms with E-state index in [1.807, 2.05) is 0 Å². The van der Waals surface area contributed by atoms with Gasteiger partial charge in [0.25, 0.3) is 0 Å². The number of benzene rings is 1. The molecular formula is C7H2Cl4N2S. The lowest BCUT2D eigenvalue weighted by Gasteiger charge is -2.03. The predicted octanol–water partition coefficient (Wildman–Crippen LogP) is 4.49. The van der Waals surface area contributed by atoms with E-state index in [9.17, 15) is 0 Å². The average molecular weight is 288 g/mol. The van der Waals surface area contributed by atoms with Gasteiger partial charge in [-0.25, -0.2) is 0 Å². The zero-order valence-corrected chi connectivity index (χ0v) is 10.3. The highest BCUT2D eigenvalue weighted by Crippen LogP contribution is 2.46. The van der Waals surface area contributed by atoms with Gasteiger partial charge in [0, 0.05) is 0 Å². The summed E-state index contributed by atoms with van der Waals surface area (Å²) in [6.07, 6.45) is 0. The van der Waals surface area contributed by atoms with Crippen LogP contribution >= 0.6 is 57.9 Å². The van der Waals surface area contributed by atoms with E-state index in [-0.39, 0.29) is 10.0 Å². The predicted molar refractivity (Wildman–Crippen MR) is 64.1 cm³/mol. The molecule has 0 bridgehead atoms. The van der Waals surface area contributed by atoms with Crippen LogP contribution in [-0.4, -0.2) is 4.37 Å². The molecule has 0 amide bonds. The summed E-state index contributed by atoms with van der Waals surface area (Å²) < 4.78 is 4.59. The van der Waals surface area contributed by atoms with Crippen molar-refractivity contribution in [1.29, 1.82) is 0 Å². The first-order valence-corrected chi connectivity index (χ1v) is 5.69. The summed E-state index contributed by atoms with van der Waals surface area (Å²) in [5.74, 6) is 0.315. The molecule has 0 aliphatic rings. The van der Waals surface area contributed by atoms with E-state index in [0.29, 0.717) is 25.9 Å². The van der Waals surface area contributed by atoms with Crippen LogP contribution in [0.1, 0.15) is 0 Å². The third-order valence-corrected chi connectivity index (χ3v) is 4.51. The van der Waals surface area contributed by atoms with Crippen molar-refractivity contribution in [3.8, 4) is 0 Å². The summed E-state index contributed by atoms with van der Waals surface area (Å²) in [6, 6.07) is 0. The van der Waals surface area contributed by atoms with E-state index in [1.54, 1.807) is 0 Å². The Balaban J connectivity index is 3.05. The molecule has 0 radical (unpaired) electrons. The summed E-state index contributed by atoms with van der Waals surface area (Å²) in [4.78, 5) is 0. The lowest BCUT2D eigenvalue weighted by Crippen LogP contribution is -1.85. The summed E-state index contributed by atoms with van der Waals surface area (Å²) in [5, 5.41) is 1.64. The summed E-state index contributed by atoms with van der Waals surface area (Å²) >= 11 is 24.8. The molecule has 1 aromatic carbocycles. The number of halogens is 4. The number of hydrogen-bond donors (Lipinski definition) is 1. The standard InChI is InChI=1S/C7H2Cl4N2S/c8-2-1-6(14-13-7(1)12)5(11)4(10)3(2)9/h(H2,12,13). The fourth-order valence-corrected chi connectivity index (χ4v) is 2.99. The minimum Gasteiger partial charge on any atom is -0.382 e. The molecule has 0 spiro atoms. The van der Waals surface area contributed by atoms with Crippen LogP contribution in [0.3, 0.4) is 0 Å². The molecule has 74 valence electrons. The van der Waals surface area contributed by atoms with Crippen molar-refractivity contribution in [2.75, 3.05) is 5.73 Å². The largest absolute Gasteiger partial charge is 0.382 e. The molecule has 1 aromatic heterocycles. The number of aromatic nitrogens is 1. The topological polar surface area (TPSA) is 38.9 Å². The van der Waals surface area contributed by atoms with E-state index in [2.05, 4.69) is 4.37 Å². The zero-order valence-electron chi connectivity index (χ0n) is 6.44. The number of nitrogens with two attached hydrogens (primary N) is 1.